The Morgan fingerprint density at radius 1 is 0.895 bits per heavy atom. The van der Waals surface area contributed by atoms with Crippen LogP contribution < -0.4 is 0 Å². The highest BCUT2D eigenvalue weighted by Crippen LogP contribution is 2.33. The van der Waals surface area contributed by atoms with Crippen LogP contribution in [0.4, 0.5) is 4.39 Å². The van der Waals surface area contributed by atoms with E-state index in [0.717, 1.165) is 27.4 Å². The molecule has 1 aromatic heterocycles. The van der Waals surface area contributed by atoms with E-state index in [1.54, 1.807) is 12.1 Å². The van der Waals surface area contributed by atoms with E-state index in [-0.39, 0.29) is 11.2 Å². The third kappa shape index (κ3) is 1.97. The first kappa shape index (κ1) is 12.1. The first-order valence-electron chi connectivity index (χ1n) is 6.45. The predicted molar refractivity (Wildman–Crippen MR) is 77.9 cm³/mol. The molecule has 2 heteroatoms. The molecule has 0 radical (unpaired) electrons. The van der Waals surface area contributed by atoms with Crippen LogP contribution in [0.5, 0.6) is 0 Å². The van der Waals surface area contributed by atoms with Gasteiger partial charge in [-0.15, -0.1) is 0 Å². The van der Waals surface area contributed by atoms with Crippen molar-refractivity contribution in [3.8, 4) is 0 Å². The molecule has 0 bridgehead atoms. The summed E-state index contributed by atoms with van der Waals surface area (Å²) in [4.78, 5) is 4.75. The molecule has 0 fully saturated rings. The molecular formula is C17H16FN. The second-order valence-corrected chi connectivity index (χ2v) is 5.92. The highest BCUT2D eigenvalue weighted by molar-refractivity contribution is 6.06. The summed E-state index contributed by atoms with van der Waals surface area (Å²) in [5.74, 6) is -0.219. The van der Waals surface area contributed by atoms with E-state index in [1.165, 1.54) is 6.07 Å². The molecule has 0 unspecified atom stereocenters. The van der Waals surface area contributed by atoms with E-state index < -0.39 is 0 Å². The molecule has 0 saturated heterocycles. The van der Waals surface area contributed by atoms with Gasteiger partial charge in [-0.25, -0.2) is 4.39 Å². The van der Waals surface area contributed by atoms with Crippen LogP contribution in [0.25, 0.3) is 21.7 Å². The lowest BCUT2D eigenvalue weighted by Crippen LogP contribution is -2.14. The van der Waals surface area contributed by atoms with Crippen LogP contribution in [0.3, 0.4) is 0 Å². The third-order valence-corrected chi connectivity index (χ3v) is 3.37. The van der Waals surface area contributed by atoms with Crippen molar-refractivity contribution in [2.45, 2.75) is 26.2 Å². The van der Waals surface area contributed by atoms with Crippen molar-refractivity contribution in [2.24, 2.45) is 0 Å². The van der Waals surface area contributed by atoms with Crippen molar-refractivity contribution in [3.63, 3.8) is 0 Å². The smallest absolute Gasteiger partial charge is 0.123 e. The standard InChI is InChI=1S/C17H16FN/c1-17(2,3)16-13-7-5-4-6-12(13)14-10-11(18)8-9-15(14)19-16/h4-10H,1-3H3. The topological polar surface area (TPSA) is 12.9 Å². The van der Waals surface area contributed by atoms with E-state index in [2.05, 4.69) is 26.8 Å². The molecule has 0 atom stereocenters. The fourth-order valence-electron chi connectivity index (χ4n) is 2.50. The zero-order valence-corrected chi connectivity index (χ0v) is 11.4. The number of halogens is 1. The Bertz CT molecular complexity index is 769. The Morgan fingerprint density at radius 2 is 1.58 bits per heavy atom. The normalized spacial score (nSPS) is 12.2. The van der Waals surface area contributed by atoms with Gasteiger partial charge >= 0.3 is 0 Å². The molecule has 3 rings (SSSR count). The fourth-order valence-corrected chi connectivity index (χ4v) is 2.50. The fraction of sp³-hybridized carbons (Fsp3) is 0.235. The van der Waals surface area contributed by atoms with Crippen LogP contribution in [0, 0.1) is 5.82 Å². The maximum atomic E-state index is 13.5. The molecule has 0 aliphatic carbocycles. The number of hydrogen-bond acceptors (Lipinski definition) is 1. The number of benzene rings is 2. The Morgan fingerprint density at radius 3 is 2.26 bits per heavy atom. The van der Waals surface area contributed by atoms with Crippen molar-refractivity contribution in [2.75, 3.05) is 0 Å². The molecule has 0 N–H and O–H groups in total. The summed E-state index contributed by atoms with van der Waals surface area (Å²) in [6, 6.07) is 12.9. The minimum atomic E-state index is -0.219. The predicted octanol–water partition coefficient (Wildman–Crippen LogP) is 4.82. The van der Waals surface area contributed by atoms with Gasteiger partial charge in [-0.1, -0.05) is 45.0 Å². The van der Waals surface area contributed by atoms with Gasteiger partial charge in [-0.3, -0.25) is 4.98 Å². The van der Waals surface area contributed by atoms with E-state index >= 15 is 0 Å². The van der Waals surface area contributed by atoms with Crippen LogP contribution in [0.1, 0.15) is 26.5 Å². The number of nitrogens with zero attached hydrogens (tertiary/aromatic N) is 1. The number of pyridine rings is 1. The highest BCUT2D eigenvalue weighted by atomic mass is 19.1. The Hall–Kier alpha value is -1.96. The summed E-state index contributed by atoms with van der Waals surface area (Å²) >= 11 is 0. The number of fused-ring (bicyclic) bond motifs is 3. The van der Waals surface area contributed by atoms with Gasteiger partial charge in [0, 0.05) is 16.2 Å². The summed E-state index contributed by atoms with van der Waals surface area (Å²) in [7, 11) is 0. The Labute approximate surface area is 112 Å². The zero-order valence-electron chi connectivity index (χ0n) is 11.4. The summed E-state index contributed by atoms with van der Waals surface area (Å²) in [5.41, 5.74) is 1.87. The lowest BCUT2D eigenvalue weighted by molar-refractivity contribution is 0.577. The second-order valence-electron chi connectivity index (χ2n) is 5.92. The van der Waals surface area contributed by atoms with Crippen LogP contribution >= 0.6 is 0 Å². The van der Waals surface area contributed by atoms with Crippen LogP contribution in [-0.2, 0) is 5.41 Å². The summed E-state index contributed by atoms with van der Waals surface area (Å²) in [6.45, 7) is 6.45. The van der Waals surface area contributed by atoms with Gasteiger partial charge in [0.25, 0.3) is 0 Å². The van der Waals surface area contributed by atoms with Crippen molar-refractivity contribution in [1.29, 1.82) is 0 Å². The minimum Gasteiger partial charge on any atom is -0.252 e. The molecule has 2 aromatic carbocycles. The molecule has 3 aromatic rings. The maximum Gasteiger partial charge on any atom is 0.123 e. The van der Waals surface area contributed by atoms with Gasteiger partial charge in [-0.2, -0.15) is 0 Å². The summed E-state index contributed by atoms with van der Waals surface area (Å²) in [5, 5.41) is 3.05. The van der Waals surface area contributed by atoms with Crippen molar-refractivity contribution >= 4 is 21.7 Å². The second kappa shape index (κ2) is 4.02. The Kier molecular flexibility index (Phi) is 2.56. The average Bonchev–Trinajstić information content (AvgIpc) is 2.37. The molecular weight excluding hydrogens is 237 g/mol. The van der Waals surface area contributed by atoms with Crippen molar-refractivity contribution in [3.05, 3.63) is 54.0 Å². The zero-order chi connectivity index (χ0) is 13.6. The molecule has 0 amide bonds. The van der Waals surface area contributed by atoms with Gasteiger partial charge in [0.2, 0.25) is 0 Å². The van der Waals surface area contributed by atoms with Gasteiger partial charge in [-0.05, 0) is 23.6 Å². The lowest BCUT2D eigenvalue weighted by atomic mass is 9.87. The van der Waals surface area contributed by atoms with Crippen molar-refractivity contribution < 1.29 is 4.39 Å². The molecule has 0 saturated carbocycles. The van der Waals surface area contributed by atoms with E-state index in [9.17, 15) is 4.39 Å². The first-order valence-corrected chi connectivity index (χ1v) is 6.45. The molecule has 19 heavy (non-hydrogen) atoms. The number of aromatic nitrogens is 1. The molecule has 96 valence electrons. The Balaban J connectivity index is 2.54. The van der Waals surface area contributed by atoms with Crippen LogP contribution in [0.15, 0.2) is 42.5 Å². The molecule has 1 nitrogen and oxygen atoms in total. The number of rotatable bonds is 0. The van der Waals surface area contributed by atoms with Gasteiger partial charge in [0.05, 0.1) is 11.2 Å². The SMILES string of the molecule is CC(C)(C)c1nc2ccc(F)cc2c2ccccc12. The largest absolute Gasteiger partial charge is 0.252 e. The van der Waals surface area contributed by atoms with Gasteiger partial charge in [0.15, 0.2) is 0 Å². The average molecular weight is 253 g/mol. The molecule has 1 heterocycles. The number of hydrogen-bond donors (Lipinski definition) is 0. The molecule has 0 aliphatic heterocycles. The lowest BCUT2D eigenvalue weighted by Gasteiger charge is -2.21. The van der Waals surface area contributed by atoms with Crippen LogP contribution in [-0.4, -0.2) is 4.98 Å². The molecule has 0 aliphatic rings. The monoisotopic (exact) mass is 253 g/mol. The highest BCUT2D eigenvalue weighted by Gasteiger charge is 2.20. The van der Waals surface area contributed by atoms with E-state index in [0.29, 0.717) is 0 Å². The van der Waals surface area contributed by atoms with E-state index in [1.807, 2.05) is 18.2 Å². The third-order valence-electron chi connectivity index (χ3n) is 3.37. The quantitative estimate of drug-likeness (QED) is 0.523. The maximum absolute atomic E-state index is 13.5. The summed E-state index contributed by atoms with van der Waals surface area (Å²) < 4.78 is 13.5. The van der Waals surface area contributed by atoms with Gasteiger partial charge in [0.1, 0.15) is 5.82 Å². The molecule has 0 spiro atoms. The van der Waals surface area contributed by atoms with Gasteiger partial charge < -0.3 is 0 Å². The minimum absolute atomic E-state index is 0.0395. The van der Waals surface area contributed by atoms with Crippen molar-refractivity contribution in [1.82, 2.24) is 4.98 Å². The van der Waals surface area contributed by atoms with E-state index in [4.69, 9.17) is 4.98 Å². The summed E-state index contributed by atoms with van der Waals surface area (Å²) in [6.07, 6.45) is 0. The first-order chi connectivity index (χ1) is 8.97. The van der Waals surface area contributed by atoms with Crippen LogP contribution in [0.2, 0.25) is 0 Å².